The topological polar surface area (TPSA) is 70.6 Å². The Balaban J connectivity index is 2.21. The van der Waals surface area contributed by atoms with Gasteiger partial charge in [0.2, 0.25) is 0 Å². The van der Waals surface area contributed by atoms with Gasteiger partial charge in [-0.15, -0.1) is 0 Å². The third kappa shape index (κ3) is 3.44. The highest BCUT2D eigenvalue weighted by Gasteiger charge is 2.09. The average Bonchev–Trinajstić information content (AvgIpc) is 2.48. The second-order valence-electron chi connectivity index (χ2n) is 4.27. The number of halogens is 3. The van der Waals surface area contributed by atoms with Crippen LogP contribution in [0.15, 0.2) is 41.6 Å². The molecular formula is C14H12F3N3O. The minimum absolute atomic E-state index is 0.164. The average molecular weight is 295 g/mol. The summed E-state index contributed by atoms with van der Waals surface area (Å²) in [6.07, 6.45) is 0. The van der Waals surface area contributed by atoms with Gasteiger partial charge in [0, 0.05) is 23.9 Å². The van der Waals surface area contributed by atoms with Crippen molar-refractivity contribution in [1.29, 1.82) is 0 Å². The zero-order valence-electron chi connectivity index (χ0n) is 10.8. The first-order valence-corrected chi connectivity index (χ1v) is 5.96. The van der Waals surface area contributed by atoms with E-state index in [1.165, 1.54) is 18.2 Å². The Morgan fingerprint density at radius 1 is 1.10 bits per heavy atom. The maximum atomic E-state index is 13.2. The second kappa shape index (κ2) is 6.17. The fraction of sp³-hybridized carbons (Fsp3) is 0.0714. The predicted molar refractivity (Wildman–Crippen MR) is 72.6 cm³/mol. The molecule has 2 aromatic carbocycles. The summed E-state index contributed by atoms with van der Waals surface area (Å²) in [5.74, 6) is -2.69. The van der Waals surface area contributed by atoms with Gasteiger partial charge in [0.15, 0.2) is 17.5 Å². The van der Waals surface area contributed by atoms with Crippen LogP contribution in [-0.4, -0.2) is 11.0 Å². The van der Waals surface area contributed by atoms with E-state index >= 15 is 0 Å². The van der Waals surface area contributed by atoms with Gasteiger partial charge in [-0.2, -0.15) is 0 Å². The molecule has 0 aliphatic rings. The van der Waals surface area contributed by atoms with Crippen LogP contribution in [0.4, 0.5) is 18.9 Å². The number of anilines is 1. The molecule has 0 atom stereocenters. The number of rotatable bonds is 4. The number of hydrogen-bond donors (Lipinski definition) is 3. The molecule has 0 amide bonds. The fourth-order valence-electron chi connectivity index (χ4n) is 1.80. The van der Waals surface area contributed by atoms with Gasteiger partial charge in [0.1, 0.15) is 5.82 Å². The van der Waals surface area contributed by atoms with Crippen LogP contribution in [0.5, 0.6) is 0 Å². The molecule has 0 fully saturated rings. The van der Waals surface area contributed by atoms with E-state index in [2.05, 4.69) is 10.5 Å². The first-order valence-electron chi connectivity index (χ1n) is 5.96. The maximum Gasteiger partial charge on any atom is 0.170 e. The largest absolute Gasteiger partial charge is 0.409 e. The summed E-state index contributed by atoms with van der Waals surface area (Å²) in [7, 11) is 0. The molecule has 2 rings (SSSR count). The summed E-state index contributed by atoms with van der Waals surface area (Å²) in [5.41, 5.74) is 6.58. The number of nitrogens with one attached hydrogen (secondary N) is 1. The van der Waals surface area contributed by atoms with E-state index < -0.39 is 17.5 Å². The first kappa shape index (κ1) is 14.7. The number of nitrogens with zero attached hydrogens (tertiary/aromatic N) is 1. The van der Waals surface area contributed by atoms with Crippen molar-refractivity contribution < 1.29 is 18.4 Å². The molecule has 0 unspecified atom stereocenters. The third-order valence-corrected chi connectivity index (χ3v) is 2.86. The Labute approximate surface area is 118 Å². The van der Waals surface area contributed by atoms with Crippen LogP contribution in [0.1, 0.15) is 11.1 Å². The molecule has 0 spiro atoms. The number of amidine groups is 1. The van der Waals surface area contributed by atoms with Gasteiger partial charge in [0.25, 0.3) is 0 Å². The van der Waals surface area contributed by atoms with E-state index in [1.54, 1.807) is 0 Å². The van der Waals surface area contributed by atoms with Gasteiger partial charge < -0.3 is 16.3 Å². The Morgan fingerprint density at radius 3 is 2.52 bits per heavy atom. The van der Waals surface area contributed by atoms with Crippen LogP contribution in [0, 0.1) is 17.5 Å². The van der Waals surface area contributed by atoms with Crippen LogP contribution < -0.4 is 11.1 Å². The summed E-state index contributed by atoms with van der Waals surface area (Å²) in [4.78, 5) is 0. The lowest BCUT2D eigenvalue weighted by Gasteiger charge is -2.11. The van der Waals surface area contributed by atoms with Gasteiger partial charge in [-0.05, 0) is 29.8 Å². The highest BCUT2D eigenvalue weighted by molar-refractivity contribution is 5.98. The summed E-state index contributed by atoms with van der Waals surface area (Å²) in [6.45, 7) is 0.164. The molecule has 2 aromatic rings. The predicted octanol–water partition coefficient (Wildman–Crippen LogP) is 2.81. The molecule has 0 heterocycles. The van der Waals surface area contributed by atoms with Crippen molar-refractivity contribution in [3.63, 3.8) is 0 Å². The van der Waals surface area contributed by atoms with E-state index in [1.807, 2.05) is 0 Å². The minimum atomic E-state index is -0.976. The Morgan fingerprint density at radius 2 is 1.86 bits per heavy atom. The van der Waals surface area contributed by atoms with Gasteiger partial charge in [-0.3, -0.25) is 0 Å². The lowest BCUT2D eigenvalue weighted by atomic mass is 10.1. The Hall–Kier alpha value is -2.70. The number of hydrogen-bond acceptors (Lipinski definition) is 3. The van der Waals surface area contributed by atoms with Gasteiger partial charge >= 0.3 is 0 Å². The molecule has 0 aliphatic heterocycles. The normalized spacial score (nSPS) is 11.5. The fourth-order valence-corrected chi connectivity index (χ4v) is 1.80. The van der Waals surface area contributed by atoms with Gasteiger partial charge in [0.05, 0.1) is 0 Å². The molecule has 0 radical (unpaired) electrons. The van der Waals surface area contributed by atoms with Crippen molar-refractivity contribution in [2.24, 2.45) is 10.9 Å². The van der Waals surface area contributed by atoms with Crippen molar-refractivity contribution >= 4 is 11.5 Å². The second-order valence-corrected chi connectivity index (χ2v) is 4.27. The molecule has 7 heteroatoms. The molecule has 0 aromatic heterocycles. The Bertz CT molecular complexity index is 689. The quantitative estimate of drug-likeness (QED) is 0.351. The monoisotopic (exact) mass is 295 g/mol. The lowest BCUT2D eigenvalue weighted by Crippen LogP contribution is -2.17. The van der Waals surface area contributed by atoms with E-state index in [0.717, 1.165) is 18.2 Å². The molecule has 4 nitrogen and oxygen atoms in total. The molecule has 0 bridgehead atoms. The summed E-state index contributed by atoms with van der Waals surface area (Å²) >= 11 is 0. The smallest absolute Gasteiger partial charge is 0.170 e. The van der Waals surface area contributed by atoms with Crippen LogP contribution in [-0.2, 0) is 6.54 Å². The summed E-state index contributed by atoms with van der Waals surface area (Å²) in [5, 5.41) is 14.4. The molecule has 4 N–H and O–H groups in total. The van der Waals surface area contributed by atoms with Gasteiger partial charge in [-0.1, -0.05) is 11.2 Å². The summed E-state index contributed by atoms with van der Waals surface area (Å²) < 4.78 is 39.1. The lowest BCUT2D eigenvalue weighted by molar-refractivity contribution is 0.318. The van der Waals surface area contributed by atoms with E-state index in [0.29, 0.717) is 11.3 Å². The highest BCUT2D eigenvalue weighted by Crippen LogP contribution is 2.16. The molecular weight excluding hydrogens is 283 g/mol. The Kier molecular flexibility index (Phi) is 4.32. The maximum absolute atomic E-state index is 13.2. The van der Waals surface area contributed by atoms with Crippen molar-refractivity contribution in [3.05, 3.63) is 65.0 Å². The van der Waals surface area contributed by atoms with E-state index in [9.17, 15) is 13.2 Å². The first-order chi connectivity index (χ1) is 10.0. The van der Waals surface area contributed by atoms with Crippen LogP contribution in [0.3, 0.4) is 0 Å². The molecule has 110 valence electrons. The molecule has 0 aliphatic carbocycles. The molecule has 0 saturated heterocycles. The van der Waals surface area contributed by atoms with Gasteiger partial charge in [-0.25, -0.2) is 13.2 Å². The standard InChI is InChI=1S/C14H12F3N3O/c15-9-2-1-8(11(5-9)14(18)20-21)7-19-10-3-4-12(16)13(17)6-10/h1-6,19,21H,7H2,(H2,18,20). The SMILES string of the molecule is NC(=NO)c1cc(F)ccc1CNc1ccc(F)c(F)c1. The zero-order valence-corrected chi connectivity index (χ0v) is 10.8. The van der Waals surface area contributed by atoms with Crippen molar-refractivity contribution in [1.82, 2.24) is 0 Å². The number of benzene rings is 2. The van der Waals surface area contributed by atoms with E-state index in [-0.39, 0.29) is 17.9 Å². The minimum Gasteiger partial charge on any atom is -0.409 e. The van der Waals surface area contributed by atoms with Crippen LogP contribution in [0.25, 0.3) is 0 Å². The van der Waals surface area contributed by atoms with Crippen LogP contribution >= 0.6 is 0 Å². The van der Waals surface area contributed by atoms with E-state index in [4.69, 9.17) is 10.9 Å². The summed E-state index contributed by atoms with van der Waals surface area (Å²) in [6, 6.07) is 7.16. The number of nitrogens with two attached hydrogens (primary N) is 1. The number of oxime groups is 1. The highest BCUT2D eigenvalue weighted by atomic mass is 19.2. The van der Waals surface area contributed by atoms with Crippen molar-refractivity contribution in [2.75, 3.05) is 5.32 Å². The molecule has 21 heavy (non-hydrogen) atoms. The zero-order chi connectivity index (χ0) is 15.4. The van der Waals surface area contributed by atoms with Crippen molar-refractivity contribution in [3.8, 4) is 0 Å². The van der Waals surface area contributed by atoms with Crippen molar-refractivity contribution in [2.45, 2.75) is 6.54 Å². The molecule has 0 saturated carbocycles. The van der Waals surface area contributed by atoms with Crippen LogP contribution in [0.2, 0.25) is 0 Å². The third-order valence-electron chi connectivity index (χ3n) is 2.86.